The van der Waals surface area contributed by atoms with E-state index in [1.165, 1.54) is 0 Å². The van der Waals surface area contributed by atoms with Gasteiger partial charge in [-0.2, -0.15) is 4.98 Å². The van der Waals surface area contributed by atoms with E-state index in [0.717, 1.165) is 29.8 Å². The minimum Gasteiger partial charge on any atom is -0.480 e. The van der Waals surface area contributed by atoms with Crippen LogP contribution >= 0.6 is 0 Å². The fourth-order valence-electron chi connectivity index (χ4n) is 2.61. The maximum Gasteiger partial charge on any atom is 0.320 e. The Kier molecular flexibility index (Phi) is 3.55. The lowest BCUT2D eigenvalue weighted by molar-refractivity contribution is -0.142. The third-order valence-electron chi connectivity index (χ3n) is 4.02. The van der Waals surface area contributed by atoms with Crippen molar-refractivity contribution < 1.29 is 14.3 Å². The van der Waals surface area contributed by atoms with Gasteiger partial charge in [0.2, 0.25) is 0 Å². The Bertz CT molecular complexity index is 659. The van der Waals surface area contributed by atoms with Crippen LogP contribution in [0.3, 0.4) is 0 Å². The molecule has 0 spiro atoms. The number of oxazole rings is 1. The molecule has 0 bridgehead atoms. The summed E-state index contributed by atoms with van der Waals surface area (Å²) < 4.78 is 5.81. The number of carboxylic acid groups (broad SMARTS) is 1. The van der Waals surface area contributed by atoms with E-state index in [1.807, 2.05) is 30.0 Å². The van der Waals surface area contributed by atoms with Crippen LogP contribution < -0.4 is 4.90 Å². The highest BCUT2D eigenvalue weighted by Gasteiger charge is 2.26. The van der Waals surface area contributed by atoms with E-state index in [1.54, 1.807) is 6.92 Å². The fourth-order valence-corrected chi connectivity index (χ4v) is 2.61. The number of anilines is 1. The maximum atomic E-state index is 11.0. The quantitative estimate of drug-likeness (QED) is 0.928. The topological polar surface area (TPSA) is 69.8 Å². The Morgan fingerprint density at radius 3 is 2.71 bits per heavy atom. The third-order valence-corrected chi connectivity index (χ3v) is 4.02. The van der Waals surface area contributed by atoms with Crippen LogP contribution in [0.25, 0.3) is 11.1 Å². The summed E-state index contributed by atoms with van der Waals surface area (Å²) in [4.78, 5) is 19.6. The molecule has 0 radical (unpaired) electrons. The molecule has 6 nitrogen and oxygen atoms in total. The van der Waals surface area contributed by atoms with Gasteiger partial charge in [0, 0.05) is 26.2 Å². The van der Waals surface area contributed by atoms with Crippen molar-refractivity contribution in [3.8, 4) is 0 Å². The zero-order chi connectivity index (χ0) is 15.0. The monoisotopic (exact) mass is 289 g/mol. The van der Waals surface area contributed by atoms with E-state index in [0.29, 0.717) is 19.1 Å². The van der Waals surface area contributed by atoms with E-state index in [9.17, 15) is 4.79 Å². The van der Waals surface area contributed by atoms with Crippen LogP contribution in [0.15, 0.2) is 22.6 Å². The number of piperazine rings is 1. The first-order valence-electron chi connectivity index (χ1n) is 7.13. The molecule has 1 N–H and O–H groups in total. The molecule has 0 aliphatic carbocycles. The summed E-state index contributed by atoms with van der Waals surface area (Å²) in [6.07, 6.45) is 0. The Morgan fingerprint density at radius 1 is 1.33 bits per heavy atom. The third kappa shape index (κ3) is 2.71. The summed E-state index contributed by atoms with van der Waals surface area (Å²) in [5, 5.41) is 9.05. The first-order chi connectivity index (χ1) is 10.0. The summed E-state index contributed by atoms with van der Waals surface area (Å²) in [6.45, 7) is 6.59. The number of aliphatic carboxylic acids is 1. The van der Waals surface area contributed by atoms with E-state index in [2.05, 4.69) is 9.88 Å². The summed E-state index contributed by atoms with van der Waals surface area (Å²) in [7, 11) is 0. The van der Waals surface area contributed by atoms with Gasteiger partial charge >= 0.3 is 5.97 Å². The molecule has 6 heteroatoms. The van der Waals surface area contributed by atoms with Crippen molar-refractivity contribution in [1.82, 2.24) is 9.88 Å². The molecule has 1 saturated heterocycles. The molecule has 0 saturated carbocycles. The molecular weight excluding hydrogens is 270 g/mol. The van der Waals surface area contributed by atoms with Crippen LogP contribution in [0.2, 0.25) is 0 Å². The zero-order valence-electron chi connectivity index (χ0n) is 12.2. The molecule has 1 atom stereocenters. The van der Waals surface area contributed by atoms with Crippen LogP contribution in [0.4, 0.5) is 6.01 Å². The van der Waals surface area contributed by atoms with Crippen LogP contribution in [-0.4, -0.2) is 53.2 Å². The Balaban J connectivity index is 1.72. The van der Waals surface area contributed by atoms with Crippen molar-refractivity contribution in [3.63, 3.8) is 0 Å². The standard InChI is InChI=1S/C15H19N3O3/c1-10-3-4-12-13(9-10)21-15(16-12)18-7-5-17(6-8-18)11(2)14(19)20/h3-4,9,11H,5-8H2,1-2H3,(H,19,20). The second-order valence-electron chi connectivity index (χ2n) is 5.50. The molecule has 0 amide bonds. The van der Waals surface area contributed by atoms with E-state index in [4.69, 9.17) is 9.52 Å². The van der Waals surface area contributed by atoms with Crippen LogP contribution in [-0.2, 0) is 4.79 Å². The van der Waals surface area contributed by atoms with E-state index in [-0.39, 0.29) is 0 Å². The van der Waals surface area contributed by atoms with Crippen LogP contribution in [0, 0.1) is 6.92 Å². The molecular formula is C15H19N3O3. The number of benzene rings is 1. The molecule has 1 aliphatic heterocycles. The number of aryl methyl sites for hydroxylation is 1. The normalized spacial score (nSPS) is 18.1. The van der Waals surface area contributed by atoms with Crippen molar-refractivity contribution in [2.75, 3.05) is 31.1 Å². The van der Waals surface area contributed by atoms with Gasteiger partial charge < -0.3 is 14.4 Å². The smallest absolute Gasteiger partial charge is 0.320 e. The molecule has 21 heavy (non-hydrogen) atoms. The van der Waals surface area contributed by atoms with Crippen molar-refractivity contribution in [2.24, 2.45) is 0 Å². The average molecular weight is 289 g/mol. The summed E-state index contributed by atoms with van der Waals surface area (Å²) in [6, 6.07) is 6.13. The van der Waals surface area contributed by atoms with Gasteiger partial charge in [0.05, 0.1) is 0 Å². The number of carboxylic acids is 1. The molecule has 2 heterocycles. The molecule has 1 fully saturated rings. The Hall–Kier alpha value is -2.08. The largest absolute Gasteiger partial charge is 0.480 e. The molecule has 112 valence electrons. The van der Waals surface area contributed by atoms with Crippen molar-refractivity contribution in [3.05, 3.63) is 23.8 Å². The van der Waals surface area contributed by atoms with Crippen LogP contribution in [0.1, 0.15) is 12.5 Å². The summed E-state index contributed by atoms with van der Waals surface area (Å²) >= 11 is 0. The number of nitrogens with zero attached hydrogens (tertiary/aromatic N) is 3. The predicted octanol–water partition coefficient (Wildman–Crippen LogP) is 1.73. The van der Waals surface area contributed by atoms with E-state index >= 15 is 0 Å². The highest BCUT2D eigenvalue weighted by atomic mass is 16.4. The first-order valence-corrected chi connectivity index (χ1v) is 7.13. The Labute approximate surface area is 123 Å². The molecule has 3 rings (SSSR count). The van der Waals surface area contributed by atoms with Crippen LogP contribution in [0.5, 0.6) is 0 Å². The highest BCUT2D eigenvalue weighted by Crippen LogP contribution is 2.24. The number of carbonyl (C=O) groups is 1. The van der Waals surface area contributed by atoms with Crippen molar-refractivity contribution in [2.45, 2.75) is 19.9 Å². The minimum absolute atomic E-state index is 0.446. The second kappa shape index (κ2) is 5.37. The zero-order valence-corrected chi connectivity index (χ0v) is 12.2. The van der Waals surface area contributed by atoms with Gasteiger partial charge in [-0.25, -0.2) is 0 Å². The first kappa shape index (κ1) is 13.9. The molecule has 1 aromatic heterocycles. The number of hydrogen-bond acceptors (Lipinski definition) is 5. The Morgan fingerprint density at radius 2 is 2.05 bits per heavy atom. The number of hydrogen-bond donors (Lipinski definition) is 1. The van der Waals surface area contributed by atoms with Gasteiger partial charge in [0.25, 0.3) is 6.01 Å². The van der Waals surface area contributed by atoms with Crippen molar-refractivity contribution in [1.29, 1.82) is 0 Å². The average Bonchev–Trinajstić information content (AvgIpc) is 2.89. The van der Waals surface area contributed by atoms with E-state index < -0.39 is 12.0 Å². The fraction of sp³-hybridized carbons (Fsp3) is 0.467. The lowest BCUT2D eigenvalue weighted by Gasteiger charge is -2.35. The predicted molar refractivity (Wildman–Crippen MR) is 79.6 cm³/mol. The lowest BCUT2D eigenvalue weighted by Crippen LogP contribution is -2.51. The summed E-state index contributed by atoms with van der Waals surface area (Å²) in [5.41, 5.74) is 2.80. The molecule has 1 aliphatic rings. The number of aromatic nitrogens is 1. The highest BCUT2D eigenvalue weighted by molar-refractivity contribution is 5.75. The SMILES string of the molecule is Cc1ccc2nc(N3CCN(C(C)C(=O)O)CC3)oc2c1. The lowest BCUT2D eigenvalue weighted by atomic mass is 10.2. The minimum atomic E-state index is -0.777. The number of fused-ring (bicyclic) bond motifs is 1. The molecule has 1 aromatic carbocycles. The number of rotatable bonds is 3. The maximum absolute atomic E-state index is 11.0. The van der Waals surface area contributed by atoms with Gasteiger partial charge in [0.15, 0.2) is 5.58 Å². The van der Waals surface area contributed by atoms with Gasteiger partial charge in [-0.3, -0.25) is 9.69 Å². The molecule has 2 aromatic rings. The molecule has 1 unspecified atom stereocenters. The van der Waals surface area contributed by atoms with Gasteiger partial charge in [-0.15, -0.1) is 0 Å². The van der Waals surface area contributed by atoms with Crippen molar-refractivity contribution >= 4 is 23.1 Å². The summed E-state index contributed by atoms with van der Waals surface area (Å²) in [5.74, 6) is -0.777. The van der Waals surface area contributed by atoms with Gasteiger partial charge in [-0.05, 0) is 31.5 Å². The van der Waals surface area contributed by atoms with Gasteiger partial charge in [0.1, 0.15) is 11.6 Å². The van der Waals surface area contributed by atoms with Gasteiger partial charge in [-0.1, -0.05) is 6.07 Å². The second-order valence-corrected chi connectivity index (χ2v) is 5.50.